The first-order chi connectivity index (χ1) is 13.8. The molecule has 2 aromatic heterocycles. The molecule has 0 fully saturated rings. The summed E-state index contributed by atoms with van der Waals surface area (Å²) in [6, 6.07) is 4.84. The highest BCUT2D eigenvalue weighted by molar-refractivity contribution is 8.00. The molecule has 2 heterocycles. The molecule has 2 amide bonds. The van der Waals surface area contributed by atoms with Crippen LogP contribution in [0.1, 0.15) is 12.7 Å². The van der Waals surface area contributed by atoms with E-state index < -0.39 is 5.25 Å². The molecule has 12 heteroatoms. The lowest BCUT2D eigenvalue weighted by Crippen LogP contribution is -2.22. The van der Waals surface area contributed by atoms with E-state index in [0.29, 0.717) is 31.8 Å². The van der Waals surface area contributed by atoms with Crippen molar-refractivity contribution in [3.63, 3.8) is 0 Å². The van der Waals surface area contributed by atoms with E-state index in [9.17, 15) is 9.59 Å². The zero-order valence-corrected chi connectivity index (χ0v) is 18.5. The average Bonchev–Trinajstić information content (AvgIpc) is 3.30. The van der Waals surface area contributed by atoms with Gasteiger partial charge in [-0.15, -0.1) is 21.5 Å². The Balaban J connectivity index is 1.58. The van der Waals surface area contributed by atoms with Crippen molar-refractivity contribution in [3.8, 4) is 0 Å². The van der Waals surface area contributed by atoms with Crippen LogP contribution in [0.5, 0.6) is 0 Å². The van der Waals surface area contributed by atoms with Crippen molar-refractivity contribution in [2.75, 3.05) is 10.6 Å². The molecule has 3 rings (SSSR count). The van der Waals surface area contributed by atoms with Gasteiger partial charge in [-0.3, -0.25) is 9.59 Å². The Labute approximate surface area is 185 Å². The number of nitrogens with one attached hydrogen (secondary N) is 2. The largest absolute Gasteiger partial charge is 0.326 e. The minimum Gasteiger partial charge on any atom is -0.326 e. The third kappa shape index (κ3) is 5.69. The maximum Gasteiger partial charge on any atom is 0.239 e. The molecule has 1 unspecified atom stereocenters. The van der Waals surface area contributed by atoms with Crippen molar-refractivity contribution in [3.05, 3.63) is 45.6 Å². The van der Waals surface area contributed by atoms with E-state index in [2.05, 4.69) is 25.8 Å². The van der Waals surface area contributed by atoms with Crippen molar-refractivity contribution in [2.45, 2.75) is 23.8 Å². The molecule has 2 N–H and O–H groups in total. The molecule has 0 saturated carbocycles. The molecule has 0 spiro atoms. The maximum absolute atomic E-state index is 12.3. The number of carbonyl (C=O) groups is 2. The van der Waals surface area contributed by atoms with E-state index in [4.69, 9.17) is 23.2 Å². The summed E-state index contributed by atoms with van der Waals surface area (Å²) in [5.74, 6) is 0.00875. The first kappa shape index (κ1) is 21.6. The van der Waals surface area contributed by atoms with Gasteiger partial charge < -0.3 is 15.2 Å². The summed E-state index contributed by atoms with van der Waals surface area (Å²) in [6.07, 6.45) is 1.64. The van der Waals surface area contributed by atoms with Crippen molar-refractivity contribution >= 4 is 68.9 Å². The predicted octanol–water partition coefficient (Wildman–Crippen LogP) is 3.88. The van der Waals surface area contributed by atoms with Gasteiger partial charge in [-0.05, 0) is 25.1 Å². The van der Waals surface area contributed by atoms with Gasteiger partial charge >= 0.3 is 0 Å². The molecule has 0 bridgehead atoms. The van der Waals surface area contributed by atoms with E-state index in [1.807, 2.05) is 0 Å². The van der Waals surface area contributed by atoms with Gasteiger partial charge in [0.1, 0.15) is 5.82 Å². The van der Waals surface area contributed by atoms with Crippen molar-refractivity contribution in [2.24, 2.45) is 7.05 Å². The molecule has 1 aromatic carbocycles. The van der Waals surface area contributed by atoms with Crippen molar-refractivity contribution in [1.82, 2.24) is 19.7 Å². The fraction of sp³-hybridized carbons (Fsp3) is 0.235. The average molecular weight is 471 g/mol. The second kappa shape index (κ2) is 9.57. The van der Waals surface area contributed by atoms with Crippen LogP contribution in [0, 0.1) is 0 Å². The summed E-state index contributed by atoms with van der Waals surface area (Å²) in [6.45, 7) is 1.76. The number of amides is 2. The highest BCUT2D eigenvalue weighted by Gasteiger charge is 2.20. The van der Waals surface area contributed by atoms with Gasteiger partial charge in [0.25, 0.3) is 0 Å². The number of hydrogen-bond acceptors (Lipinski definition) is 7. The Bertz CT molecular complexity index is 1030. The minimum atomic E-state index is -0.417. The molecule has 0 aliphatic rings. The Kier molecular flexibility index (Phi) is 7.12. The quantitative estimate of drug-likeness (QED) is 0.507. The van der Waals surface area contributed by atoms with Gasteiger partial charge in [0.15, 0.2) is 10.3 Å². The van der Waals surface area contributed by atoms with Crippen LogP contribution in [-0.4, -0.2) is 36.8 Å². The van der Waals surface area contributed by atoms with Crippen LogP contribution >= 0.6 is 46.3 Å². The first-order valence-electron chi connectivity index (χ1n) is 8.33. The lowest BCUT2D eigenvalue weighted by Gasteiger charge is -2.10. The second-order valence-electron chi connectivity index (χ2n) is 5.90. The third-order valence-corrected chi connectivity index (χ3v) is 6.32. The molecule has 0 aliphatic heterocycles. The minimum absolute atomic E-state index is 0.0179. The molecule has 0 radical (unpaired) electrons. The topological polar surface area (TPSA) is 102 Å². The van der Waals surface area contributed by atoms with E-state index in [1.165, 1.54) is 23.1 Å². The molecular weight excluding hydrogens is 455 g/mol. The molecule has 29 heavy (non-hydrogen) atoms. The number of aromatic nitrogens is 4. The highest BCUT2D eigenvalue weighted by atomic mass is 35.5. The fourth-order valence-corrected chi connectivity index (χ4v) is 3.89. The zero-order chi connectivity index (χ0) is 21.0. The van der Waals surface area contributed by atoms with Gasteiger partial charge in [-0.2, -0.15) is 0 Å². The molecular formula is C17H16Cl2N6O2S2. The Morgan fingerprint density at radius 2 is 2.03 bits per heavy atom. The number of nitrogens with zero attached hydrogens (tertiary/aromatic N) is 4. The molecule has 3 aromatic rings. The zero-order valence-electron chi connectivity index (χ0n) is 15.3. The number of thiazole rings is 1. The Morgan fingerprint density at radius 1 is 1.24 bits per heavy atom. The van der Waals surface area contributed by atoms with E-state index in [-0.39, 0.29) is 18.2 Å². The van der Waals surface area contributed by atoms with Crippen LogP contribution in [0.15, 0.2) is 34.9 Å². The Hall–Kier alpha value is -2.14. The number of thioether (sulfide) groups is 1. The number of benzene rings is 1. The smallest absolute Gasteiger partial charge is 0.239 e. The summed E-state index contributed by atoms with van der Waals surface area (Å²) >= 11 is 14.4. The van der Waals surface area contributed by atoms with Crippen LogP contribution in [0.3, 0.4) is 0 Å². The third-order valence-electron chi connectivity index (χ3n) is 3.76. The number of halogens is 2. The number of rotatable bonds is 7. The van der Waals surface area contributed by atoms with Crippen LogP contribution in [0.25, 0.3) is 0 Å². The number of anilines is 2. The monoisotopic (exact) mass is 470 g/mol. The molecule has 0 saturated heterocycles. The normalized spacial score (nSPS) is 11.9. The summed E-state index contributed by atoms with van der Waals surface area (Å²) in [7, 11) is 1.75. The van der Waals surface area contributed by atoms with Crippen molar-refractivity contribution < 1.29 is 9.59 Å². The van der Waals surface area contributed by atoms with Gasteiger partial charge in [0, 0.05) is 24.3 Å². The molecule has 152 valence electrons. The van der Waals surface area contributed by atoms with Crippen molar-refractivity contribution in [1.29, 1.82) is 0 Å². The van der Waals surface area contributed by atoms with E-state index in [1.54, 1.807) is 48.3 Å². The molecule has 8 nitrogen and oxygen atoms in total. The lowest BCUT2D eigenvalue weighted by molar-refractivity contribution is -0.116. The maximum atomic E-state index is 12.3. The van der Waals surface area contributed by atoms with Gasteiger partial charge in [0.2, 0.25) is 11.8 Å². The summed E-state index contributed by atoms with van der Waals surface area (Å²) in [5, 5.41) is 16.8. The van der Waals surface area contributed by atoms with Gasteiger partial charge in [0.05, 0.1) is 21.7 Å². The van der Waals surface area contributed by atoms with Crippen LogP contribution in [-0.2, 0) is 23.1 Å². The highest BCUT2D eigenvalue weighted by Crippen LogP contribution is 2.26. The van der Waals surface area contributed by atoms with Crippen LogP contribution in [0.2, 0.25) is 10.0 Å². The lowest BCUT2D eigenvalue weighted by atomic mass is 10.3. The van der Waals surface area contributed by atoms with Gasteiger partial charge in [-0.25, -0.2) is 4.98 Å². The number of hydrogen-bond donors (Lipinski definition) is 2. The summed E-state index contributed by atoms with van der Waals surface area (Å²) in [5.41, 5.74) is 0.536. The SMILES string of the molecule is CC(Sc1nnc(CC(=O)Nc2ccc(Cl)c(Cl)c2)n1C)C(=O)Nc1nccs1. The van der Waals surface area contributed by atoms with E-state index >= 15 is 0 Å². The van der Waals surface area contributed by atoms with E-state index in [0.717, 1.165) is 0 Å². The second-order valence-corrected chi connectivity index (χ2v) is 8.92. The number of carbonyl (C=O) groups excluding carboxylic acids is 2. The first-order valence-corrected chi connectivity index (χ1v) is 10.8. The Morgan fingerprint density at radius 3 is 2.72 bits per heavy atom. The standard InChI is InChI=1S/C17H16Cl2N6O2S2/c1-9(15(27)22-16-20-5-6-28-16)29-17-24-23-13(25(17)2)8-14(26)21-10-3-4-11(18)12(19)7-10/h3-7,9H,8H2,1-2H3,(H,21,26)(H,20,22,27). The van der Waals surface area contributed by atoms with Crippen LogP contribution < -0.4 is 10.6 Å². The van der Waals surface area contributed by atoms with Crippen LogP contribution in [0.4, 0.5) is 10.8 Å². The summed E-state index contributed by atoms with van der Waals surface area (Å²) in [4.78, 5) is 28.6. The molecule has 1 atom stereocenters. The predicted molar refractivity (Wildman–Crippen MR) is 116 cm³/mol. The molecule has 0 aliphatic carbocycles. The van der Waals surface area contributed by atoms with Gasteiger partial charge in [-0.1, -0.05) is 35.0 Å². The summed E-state index contributed by atoms with van der Waals surface area (Å²) < 4.78 is 1.69. The fourth-order valence-electron chi connectivity index (χ4n) is 2.23.